The molecule has 4 rings (SSSR count). The predicted octanol–water partition coefficient (Wildman–Crippen LogP) is 4.06. The van der Waals surface area contributed by atoms with Gasteiger partial charge in [0.1, 0.15) is 5.75 Å². The smallest absolute Gasteiger partial charge is 0.248 e. The van der Waals surface area contributed by atoms with Crippen molar-refractivity contribution in [2.24, 2.45) is 5.73 Å². The van der Waals surface area contributed by atoms with Gasteiger partial charge in [-0.05, 0) is 50.6 Å². The first-order valence-electron chi connectivity index (χ1n) is 10.4. The van der Waals surface area contributed by atoms with Gasteiger partial charge in [0.25, 0.3) is 0 Å². The van der Waals surface area contributed by atoms with E-state index in [-0.39, 0.29) is 18.2 Å². The molecule has 0 spiro atoms. The van der Waals surface area contributed by atoms with Gasteiger partial charge in [-0.1, -0.05) is 6.07 Å². The van der Waals surface area contributed by atoms with Crippen molar-refractivity contribution in [2.45, 2.75) is 26.4 Å². The Balaban J connectivity index is 1.82. The van der Waals surface area contributed by atoms with Crippen LogP contribution in [0.2, 0.25) is 0 Å². The van der Waals surface area contributed by atoms with E-state index in [1.54, 1.807) is 51.2 Å². The first-order valence-corrected chi connectivity index (χ1v) is 10.4. The Morgan fingerprint density at radius 1 is 1.18 bits per heavy atom. The summed E-state index contributed by atoms with van der Waals surface area (Å²) in [5.41, 5.74) is 7.76. The predicted molar refractivity (Wildman–Crippen MR) is 123 cm³/mol. The molecule has 8 nitrogen and oxygen atoms in total. The molecule has 4 aromatic rings. The Hall–Kier alpha value is -4.05. The van der Waals surface area contributed by atoms with Gasteiger partial charge < -0.3 is 20.9 Å². The van der Waals surface area contributed by atoms with Crippen LogP contribution in [0.25, 0.3) is 16.9 Å². The van der Waals surface area contributed by atoms with Crippen LogP contribution < -0.4 is 15.8 Å². The number of fused-ring (bicyclic) bond motifs is 1. The molecule has 0 saturated carbocycles. The highest BCUT2D eigenvalue weighted by Gasteiger charge is 2.18. The summed E-state index contributed by atoms with van der Waals surface area (Å²) in [6.07, 6.45) is 1.61. The number of imidazole rings is 1. The van der Waals surface area contributed by atoms with Crippen LogP contribution in [-0.2, 0) is 0 Å². The number of nitrogens with one attached hydrogen (secondary N) is 1. The fourth-order valence-electron chi connectivity index (χ4n) is 3.39. The zero-order chi connectivity index (χ0) is 24.6. The third kappa shape index (κ3) is 4.81. The van der Waals surface area contributed by atoms with E-state index >= 15 is 0 Å². The van der Waals surface area contributed by atoms with Crippen LogP contribution in [-0.4, -0.2) is 37.8 Å². The minimum atomic E-state index is -1.05. The second-order valence-electron chi connectivity index (χ2n) is 8.51. The molecule has 10 heteroatoms. The topological polar surface area (TPSA) is 115 Å². The molecule has 2 aromatic heterocycles. The van der Waals surface area contributed by atoms with Crippen molar-refractivity contribution in [3.8, 4) is 22.9 Å². The van der Waals surface area contributed by atoms with Crippen molar-refractivity contribution in [3.05, 3.63) is 71.4 Å². The molecule has 0 aliphatic carbocycles. The number of aryl methyl sites for hydroxylation is 1. The number of benzene rings is 2. The van der Waals surface area contributed by atoms with E-state index in [0.717, 1.165) is 17.7 Å². The van der Waals surface area contributed by atoms with Crippen molar-refractivity contribution in [1.29, 1.82) is 0 Å². The van der Waals surface area contributed by atoms with E-state index in [4.69, 9.17) is 10.5 Å². The molecule has 2 aromatic carbocycles. The molecule has 0 unspecified atom stereocenters. The zero-order valence-corrected chi connectivity index (χ0v) is 18.8. The molecule has 0 bridgehead atoms. The van der Waals surface area contributed by atoms with E-state index in [1.165, 1.54) is 10.6 Å². The lowest BCUT2D eigenvalue weighted by atomic mass is 10.0. The summed E-state index contributed by atoms with van der Waals surface area (Å²) < 4.78 is 34.2. The van der Waals surface area contributed by atoms with Crippen LogP contribution in [0.3, 0.4) is 0 Å². The molecule has 34 heavy (non-hydrogen) atoms. The summed E-state index contributed by atoms with van der Waals surface area (Å²) in [7, 11) is 0. The number of halogens is 2. The number of amides is 1. The minimum Gasteiger partial charge on any atom is -0.437 e. The van der Waals surface area contributed by atoms with E-state index in [2.05, 4.69) is 15.4 Å². The molecule has 2 heterocycles. The summed E-state index contributed by atoms with van der Waals surface area (Å²) in [5, 5.41) is 17.7. The van der Waals surface area contributed by atoms with Crippen molar-refractivity contribution in [3.63, 3.8) is 0 Å². The van der Waals surface area contributed by atoms with Gasteiger partial charge >= 0.3 is 0 Å². The molecule has 0 fully saturated rings. The van der Waals surface area contributed by atoms with Gasteiger partial charge in [-0.3, -0.25) is 4.79 Å². The second-order valence-corrected chi connectivity index (χ2v) is 8.51. The molecule has 176 valence electrons. The van der Waals surface area contributed by atoms with Crippen molar-refractivity contribution in [2.75, 3.05) is 11.9 Å². The van der Waals surface area contributed by atoms with Crippen molar-refractivity contribution < 1.29 is 23.4 Å². The number of hydrogen-bond donors (Lipinski definition) is 3. The van der Waals surface area contributed by atoms with Crippen LogP contribution in [0.5, 0.6) is 11.6 Å². The molecule has 0 atom stereocenters. The van der Waals surface area contributed by atoms with E-state index in [9.17, 15) is 18.7 Å². The molecule has 0 aliphatic heterocycles. The first kappa shape index (κ1) is 23.1. The number of nitrogens with zero attached hydrogens (tertiary/aromatic N) is 3. The fourth-order valence-corrected chi connectivity index (χ4v) is 3.39. The van der Waals surface area contributed by atoms with Gasteiger partial charge in [0, 0.05) is 29.8 Å². The first-order chi connectivity index (χ1) is 16.0. The molecule has 1 amide bonds. The maximum Gasteiger partial charge on any atom is 0.248 e. The standard InChI is InChI=1S/C24H23F2N5O3/c1-13-8-14(4-6-16(13)22(27)32)20-11-28-23-19(29-12-24(2,3)33)10-21(30-31(20)23)34-15-5-7-17(25)18(26)9-15/h4-11,29,33H,12H2,1-3H3,(H2,27,32). The average molecular weight is 467 g/mol. The van der Waals surface area contributed by atoms with Crippen LogP contribution in [0.15, 0.2) is 48.7 Å². The molecule has 0 aliphatic rings. The van der Waals surface area contributed by atoms with Gasteiger partial charge in [0.05, 0.1) is 23.2 Å². The monoisotopic (exact) mass is 467 g/mol. The van der Waals surface area contributed by atoms with Gasteiger partial charge in [-0.15, -0.1) is 5.10 Å². The van der Waals surface area contributed by atoms with Crippen LogP contribution in [0.4, 0.5) is 14.5 Å². The molecule has 0 saturated heterocycles. The Morgan fingerprint density at radius 2 is 1.94 bits per heavy atom. The number of carbonyl (C=O) groups excluding carboxylic acids is 1. The van der Waals surface area contributed by atoms with E-state index in [0.29, 0.717) is 28.2 Å². The maximum absolute atomic E-state index is 13.7. The summed E-state index contributed by atoms with van der Waals surface area (Å²) in [6.45, 7) is 5.27. The lowest BCUT2D eigenvalue weighted by molar-refractivity contribution is 0.0944. The van der Waals surface area contributed by atoms with Gasteiger partial charge in [0.15, 0.2) is 17.3 Å². The highest BCUT2D eigenvalue weighted by Crippen LogP contribution is 2.30. The van der Waals surface area contributed by atoms with Crippen LogP contribution in [0, 0.1) is 18.6 Å². The number of rotatable bonds is 7. The van der Waals surface area contributed by atoms with Crippen molar-refractivity contribution in [1.82, 2.24) is 14.6 Å². The molecule has 0 radical (unpaired) electrons. The summed E-state index contributed by atoms with van der Waals surface area (Å²) in [4.78, 5) is 16.0. The number of anilines is 1. The largest absolute Gasteiger partial charge is 0.437 e. The summed E-state index contributed by atoms with van der Waals surface area (Å²) in [5.74, 6) is -2.42. The number of carbonyl (C=O) groups is 1. The Kier molecular flexibility index (Phi) is 5.92. The summed E-state index contributed by atoms with van der Waals surface area (Å²) in [6, 6.07) is 9.87. The quantitative estimate of drug-likeness (QED) is 0.378. The number of primary amides is 1. The van der Waals surface area contributed by atoms with Crippen molar-refractivity contribution >= 4 is 17.2 Å². The highest BCUT2D eigenvalue weighted by atomic mass is 19.2. The van der Waals surface area contributed by atoms with Crippen LogP contribution in [0.1, 0.15) is 29.8 Å². The fraction of sp³-hybridized carbons (Fsp3) is 0.208. The Bertz CT molecular complexity index is 1400. The number of hydrogen-bond acceptors (Lipinski definition) is 6. The Morgan fingerprint density at radius 3 is 2.59 bits per heavy atom. The van der Waals surface area contributed by atoms with Gasteiger partial charge in [0.2, 0.25) is 11.8 Å². The zero-order valence-electron chi connectivity index (χ0n) is 18.8. The second kappa shape index (κ2) is 8.71. The number of nitrogens with two attached hydrogens (primary N) is 1. The highest BCUT2D eigenvalue weighted by molar-refractivity contribution is 5.94. The normalized spacial score (nSPS) is 11.6. The third-order valence-electron chi connectivity index (χ3n) is 5.06. The van der Waals surface area contributed by atoms with Gasteiger partial charge in [-0.25, -0.2) is 18.3 Å². The van der Waals surface area contributed by atoms with E-state index in [1.807, 2.05) is 0 Å². The average Bonchev–Trinajstić information content (AvgIpc) is 3.18. The number of aromatic nitrogens is 3. The van der Waals surface area contributed by atoms with Gasteiger partial charge in [-0.2, -0.15) is 0 Å². The molecular formula is C24H23F2N5O3. The third-order valence-corrected chi connectivity index (χ3v) is 5.06. The number of aliphatic hydroxyl groups is 1. The number of ether oxygens (including phenoxy) is 1. The SMILES string of the molecule is Cc1cc(-c2cnc3c(NCC(C)(C)O)cc(Oc4ccc(F)c(F)c4)nn23)ccc1C(N)=O. The minimum absolute atomic E-state index is 0.0579. The van der Waals surface area contributed by atoms with Crippen LogP contribution >= 0.6 is 0 Å². The Labute approximate surface area is 194 Å². The summed E-state index contributed by atoms with van der Waals surface area (Å²) >= 11 is 0. The lowest BCUT2D eigenvalue weighted by Crippen LogP contribution is -2.29. The molecular weight excluding hydrogens is 444 g/mol. The maximum atomic E-state index is 13.7. The molecule has 4 N–H and O–H groups in total. The lowest BCUT2D eigenvalue weighted by Gasteiger charge is -2.19. The van der Waals surface area contributed by atoms with E-state index < -0.39 is 23.1 Å².